The second-order valence-electron chi connectivity index (χ2n) is 9.59. The third kappa shape index (κ3) is 7.97. The smallest absolute Gasteiger partial charge is 0.267 e. The van der Waals surface area contributed by atoms with Crippen LogP contribution in [0.5, 0.6) is 0 Å². The van der Waals surface area contributed by atoms with E-state index in [2.05, 4.69) is 15.5 Å². The molecule has 2 amide bonds. The number of thiocarbonyl (C=S) groups is 1. The first-order valence-corrected chi connectivity index (χ1v) is 14.9. The second kappa shape index (κ2) is 14.6. The molecule has 3 aromatic carbocycles. The molecular weight excluding hydrogens is 567 g/mol. The second-order valence-corrected chi connectivity index (χ2v) is 11.2. The van der Waals surface area contributed by atoms with Crippen molar-refractivity contribution in [1.82, 2.24) is 15.5 Å². The molecule has 2 heterocycles. The van der Waals surface area contributed by atoms with Crippen LogP contribution in [0.1, 0.15) is 33.2 Å². The van der Waals surface area contributed by atoms with E-state index in [0.717, 1.165) is 24.2 Å². The molecule has 0 saturated carbocycles. The lowest BCUT2D eigenvalue weighted by Gasteiger charge is -2.28. The van der Waals surface area contributed by atoms with Gasteiger partial charge in [0.05, 0.1) is 13.2 Å². The first kappa shape index (κ1) is 29.3. The van der Waals surface area contributed by atoms with E-state index in [4.69, 9.17) is 21.4 Å². The zero-order chi connectivity index (χ0) is 29.1. The Morgan fingerprint density at radius 1 is 0.857 bits per heavy atom. The molecule has 0 unspecified atom stereocenters. The Labute approximate surface area is 254 Å². The van der Waals surface area contributed by atoms with Gasteiger partial charge in [-0.3, -0.25) is 9.59 Å². The summed E-state index contributed by atoms with van der Waals surface area (Å²) in [6.45, 7) is 3.09. The highest BCUT2D eigenvalue weighted by Gasteiger charge is 2.20. The van der Waals surface area contributed by atoms with Crippen LogP contribution in [-0.2, 0) is 9.53 Å². The van der Waals surface area contributed by atoms with Crippen LogP contribution in [0.3, 0.4) is 0 Å². The van der Waals surface area contributed by atoms with Gasteiger partial charge in [-0.15, -0.1) is 0 Å². The molecule has 214 valence electrons. The van der Waals surface area contributed by atoms with Gasteiger partial charge in [0.2, 0.25) is 0 Å². The highest BCUT2D eigenvalue weighted by molar-refractivity contribution is 8.22. The summed E-state index contributed by atoms with van der Waals surface area (Å²) < 4.78 is 12.1. The average molecular weight is 598 g/mol. The molecule has 42 heavy (non-hydrogen) atoms. The number of rotatable bonds is 9. The molecule has 2 N–H and O–H groups in total. The van der Waals surface area contributed by atoms with E-state index in [1.807, 2.05) is 66.7 Å². The first-order chi connectivity index (χ1) is 20.6. The Balaban J connectivity index is 1.35. The van der Waals surface area contributed by atoms with Crippen molar-refractivity contribution in [2.45, 2.75) is 11.0 Å². The number of hydrogen-bond acceptors (Lipinski definition) is 6. The Bertz CT molecular complexity index is 1480. The van der Waals surface area contributed by atoms with Crippen molar-refractivity contribution in [3.8, 4) is 0 Å². The lowest BCUT2D eigenvalue weighted by atomic mass is 9.91. The summed E-state index contributed by atoms with van der Waals surface area (Å²) in [5.74, 6) is -0.474. The van der Waals surface area contributed by atoms with Crippen molar-refractivity contribution in [3.63, 3.8) is 0 Å². The van der Waals surface area contributed by atoms with E-state index >= 15 is 0 Å². The zero-order valence-electron chi connectivity index (χ0n) is 22.9. The lowest BCUT2D eigenvalue weighted by Crippen LogP contribution is -2.38. The van der Waals surface area contributed by atoms with Gasteiger partial charge in [0.25, 0.3) is 11.8 Å². The van der Waals surface area contributed by atoms with Gasteiger partial charge < -0.3 is 24.7 Å². The molecule has 9 heteroatoms. The fourth-order valence-electron chi connectivity index (χ4n) is 4.54. The van der Waals surface area contributed by atoms with Gasteiger partial charge in [-0.1, -0.05) is 91.1 Å². The maximum Gasteiger partial charge on any atom is 0.267 e. The number of carbonyl (C=O) groups is 2. The summed E-state index contributed by atoms with van der Waals surface area (Å²) >= 11 is 6.93. The van der Waals surface area contributed by atoms with Gasteiger partial charge in [-0.05, 0) is 47.2 Å². The van der Waals surface area contributed by atoms with Gasteiger partial charge in [0.1, 0.15) is 15.8 Å². The highest BCUT2D eigenvalue weighted by atomic mass is 32.2. The molecule has 4 aromatic rings. The van der Waals surface area contributed by atoms with Crippen molar-refractivity contribution < 1.29 is 18.7 Å². The molecule has 1 aliphatic heterocycles. The first-order valence-electron chi connectivity index (χ1n) is 13.7. The SMILES string of the molecule is O=C(NCC(c1ccccc1)c1ccccc1)C(=Cc1ccc(SC(=S)N2CCOCC2)o1)NC(=O)c1ccccc1. The Morgan fingerprint density at radius 2 is 1.45 bits per heavy atom. The standard InChI is InChI=1S/C33H31N3O4S2/c37-31(26-14-8-3-9-15-26)35-29(22-27-16-17-30(40-27)42-33(41)36-18-20-39-21-19-36)32(38)34-23-28(24-10-4-1-5-11-24)25-12-6-2-7-13-25/h1-17,22,28H,18-21,23H2,(H,34,38)(H,35,37). The maximum atomic E-state index is 13.6. The predicted molar refractivity (Wildman–Crippen MR) is 169 cm³/mol. The van der Waals surface area contributed by atoms with Crippen molar-refractivity contribution in [2.75, 3.05) is 32.8 Å². The molecule has 0 atom stereocenters. The Hall–Kier alpha value is -4.18. The quantitative estimate of drug-likeness (QED) is 0.145. The van der Waals surface area contributed by atoms with Crippen molar-refractivity contribution in [1.29, 1.82) is 0 Å². The summed E-state index contributed by atoms with van der Waals surface area (Å²) in [5, 5.41) is 6.41. The molecular formula is C33H31N3O4S2. The summed E-state index contributed by atoms with van der Waals surface area (Å²) in [7, 11) is 0. The van der Waals surface area contributed by atoms with Crippen LogP contribution in [0.4, 0.5) is 0 Å². The molecule has 0 radical (unpaired) electrons. The van der Waals surface area contributed by atoms with E-state index in [1.165, 1.54) is 17.8 Å². The molecule has 0 bridgehead atoms. The topological polar surface area (TPSA) is 83.8 Å². The molecule has 1 saturated heterocycles. The summed E-state index contributed by atoms with van der Waals surface area (Å²) in [4.78, 5) is 28.7. The maximum absolute atomic E-state index is 13.6. The van der Waals surface area contributed by atoms with Crippen LogP contribution in [0, 0.1) is 0 Å². The average Bonchev–Trinajstić information content (AvgIpc) is 3.49. The minimum Gasteiger partial charge on any atom is -0.450 e. The number of nitrogens with zero attached hydrogens (tertiary/aromatic N) is 1. The molecule has 5 rings (SSSR count). The van der Waals surface area contributed by atoms with E-state index < -0.39 is 11.8 Å². The van der Waals surface area contributed by atoms with Crippen LogP contribution in [0.15, 0.2) is 118 Å². The zero-order valence-corrected chi connectivity index (χ0v) is 24.5. The van der Waals surface area contributed by atoms with Gasteiger partial charge in [0.15, 0.2) is 5.09 Å². The molecule has 1 fully saturated rings. The van der Waals surface area contributed by atoms with E-state index in [0.29, 0.717) is 40.5 Å². The Kier molecular flexibility index (Phi) is 10.2. The van der Waals surface area contributed by atoms with Gasteiger partial charge in [0, 0.05) is 37.2 Å². The molecule has 0 spiro atoms. The predicted octanol–water partition coefficient (Wildman–Crippen LogP) is 5.71. The molecule has 1 aliphatic rings. The van der Waals surface area contributed by atoms with E-state index in [1.54, 1.807) is 36.4 Å². The van der Waals surface area contributed by atoms with E-state index in [-0.39, 0.29) is 11.6 Å². The number of amides is 2. The van der Waals surface area contributed by atoms with Crippen molar-refractivity contribution in [2.24, 2.45) is 0 Å². The van der Waals surface area contributed by atoms with Crippen LogP contribution in [0.2, 0.25) is 0 Å². The normalized spacial score (nSPS) is 13.5. The molecule has 1 aromatic heterocycles. The van der Waals surface area contributed by atoms with Crippen LogP contribution in [-0.4, -0.2) is 53.9 Å². The van der Waals surface area contributed by atoms with Crippen molar-refractivity contribution >= 4 is 46.2 Å². The summed E-state index contributed by atoms with van der Waals surface area (Å²) in [6.07, 6.45) is 1.54. The number of hydrogen-bond donors (Lipinski definition) is 2. The van der Waals surface area contributed by atoms with Crippen LogP contribution in [0.25, 0.3) is 6.08 Å². The van der Waals surface area contributed by atoms with Crippen LogP contribution < -0.4 is 10.6 Å². The number of ether oxygens (including phenoxy) is 1. The summed E-state index contributed by atoms with van der Waals surface area (Å²) in [5.41, 5.74) is 2.66. The minimum atomic E-state index is -0.425. The Morgan fingerprint density at radius 3 is 2.07 bits per heavy atom. The number of benzene rings is 3. The van der Waals surface area contributed by atoms with Crippen molar-refractivity contribution in [3.05, 3.63) is 131 Å². The van der Waals surface area contributed by atoms with Gasteiger partial charge in [-0.25, -0.2) is 0 Å². The fraction of sp³-hybridized carbons (Fsp3) is 0.182. The lowest BCUT2D eigenvalue weighted by molar-refractivity contribution is -0.117. The largest absolute Gasteiger partial charge is 0.450 e. The number of furan rings is 1. The third-order valence-corrected chi connectivity index (χ3v) is 8.11. The minimum absolute atomic E-state index is 0.0739. The number of thioether (sulfide) groups is 1. The number of carbonyl (C=O) groups excluding carboxylic acids is 2. The number of morpholine rings is 1. The summed E-state index contributed by atoms with van der Waals surface area (Å²) in [6, 6.07) is 32.4. The van der Waals surface area contributed by atoms with E-state index in [9.17, 15) is 9.59 Å². The van der Waals surface area contributed by atoms with Crippen LogP contribution >= 0.6 is 24.0 Å². The highest BCUT2D eigenvalue weighted by Crippen LogP contribution is 2.26. The fourth-order valence-corrected chi connectivity index (χ4v) is 5.72. The van der Waals surface area contributed by atoms with Gasteiger partial charge >= 0.3 is 0 Å². The van der Waals surface area contributed by atoms with Gasteiger partial charge in [-0.2, -0.15) is 0 Å². The third-order valence-electron chi connectivity index (χ3n) is 6.75. The molecule has 7 nitrogen and oxygen atoms in total. The molecule has 0 aliphatic carbocycles. The number of nitrogens with one attached hydrogen (secondary N) is 2. The monoisotopic (exact) mass is 597 g/mol.